The minimum absolute atomic E-state index is 0. The van der Waals surface area contributed by atoms with Gasteiger partial charge in [-0.05, 0) is 59.8 Å². The molecule has 0 aliphatic heterocycles. The second-order valence-electron chi connectivity index (χ2n) is 8.91. The van der Waals surface area contributed by atoms with Gasteiger partial charge in [-0.2, -0.15) is 5.26 Å². The van der Waals surface area contributed by atoms with Crippen LogP contribution in [0.2, 0.25) is 0 Å². The molecule has 0 radical (unpaired) electrons. The van der Waals surface area contributed by atoms with E-state index in [9.17, 15) is 5.26 Å². The van der Waals surface area contributed by atoms with Crippen LogP contribution in [-0.2, 0) is 5.41 Å². The molecule has 0 atom stereocenters. The highest BCUT2D eigenvalue weighted by atomic mass is 35.5. The number of hydrogen-bond acceptors (Lipinski definition) is 2. The first-order chi connectivity index (χ1) is 16.2. The van der Waals surface area contributed by atoms with Crippen LogP contribution >= 0.6 is 12.4 Å². The lowest BCUT2D eigenvalue weighted by molar-refractivity contribution is 0.271. The molecule has 0 saturated heterocycles. The smallest absolute Gasteiger partial charge is 0.107 e. The van der Waals surface area contributed by atoms with Crippen LogP contribution in [0.5, 0.6) is 0 Å². The monoisotopic (exact) mass is 464 g/mol. The van der Waals surface area contributed by atoms with E-state index in [1.807, 2.05) is 36.4 Å². The minimum atomic E-state index is -0.644. The van der Waals surface area contributed by atoms with Crippen LogP contribution in [0.15, 0.2) is 109 Å². The van der Waals surface area contributed by atoms with Crippen molar-refractivity contribution in [3.63, 3.8) is 0 Å². The van der Waals surface area contributed by atoms with Crippen LogP contribution in [0.3, 0.4) is 0 Å². The Morgan fingerprint density at radius 1 is 0.706 bits per heavy atom. The van der Waals surface area contributed by atoms with E-state index in [4.69, 9.17) is 0 Å². The summed E-state index contributed by atoms with van der Waals surface area (Å²) >= 11 is 0. The van der Waals surface area contributed by atoms with Crippen molar-refractivity contribution in [2.24, 2.45) is 0 Å². The van der Waals surface area contributed by atoms with Gasteiger partial charge in [-0.15, -0.1) is 12.4 Å². The Kier molecular flexibility index (Phi) is 7.17. The van der Waals surface area contributed by atoms with E-state index in [1.54, 1.807) is 0 Å². The molecule has 4 aromatic rings. The molecule has 2 nitrogen and oxygen atoms in total. The second-order valence-corrected chi connectivity index (χ2v) is 8.91. The van der Waals surface area contributed by atoms with E-state index in [0.717, 1.165) is 30.5 Å². The van der Waals surface area contributed by atoms with Crippen LogP contribution in [-0.4, -0.2) is 18.5 Å². The van der Waals surface area contributed by atoms with Gasteiger partial charge in [-0.1, -0.05) is 109 Å². The van der Waals surface area contributed by atoms with Crippen molar-refractivity contribution >= 4 is 12.4 Å². The molecular formula is C31H29ClN2. The van der Waals surface area contributed by atoms with E-state index in [1.165, 1.54) is 22.3 Å². The van der Waals surface area contributed by atoms with Crippen LogP contribution in [0, 0.1) is 11.3 Å². The summed E-state index contributed by atoms with van der Waals surface area (Å²) in [6, 6.07) is 40.9. The SMILES string of the molecule is CN(CCCC(C#N)(c1ccccc1)c1ccccc1)C1c2ccccc2-c2ccccc21.Cl. The molecule has 0 spiro atoms. The summed E-state index contributed by atoms with van der Waals surface area (Å²) < 4.78 is 0. The first-order valence-corrected chi connectivity index (χ1v) is 11.7. The number of halogens is 1. The number of fused-ring (bicyclic) bond motifs is 3. The van der Waals surface area contributed by atoms with Gasteiger partial charge in [0, 0.05) is 0 Å². The van der Waals surface area contributed by atoms with Crippen molar-refractivity contribution in [1.82, 2.24) is 4.90 Å². The summed E-state index contributed by atoms with van der Waals surface area (Å²) in [6.07, 6.45) is 1.70. The van der Waals surface area contributed by atoms with E-state index in [0.29, 0.717) is 0 Å². The Balaban J connectivity index is 0.00000274. The fourth-order valence-electron chi connectivity index (χ4n) is 5.41. The number of hydrogen-bond donors (Lipinski definition) is 0. The highest BCUT2D eigenvalue weighted by molar-refractivity contribution is 5.85. The molecule has 0 aromatic heterocycles. The molecule has 0 bridgehead atoms. The van der Waals surface area contributed by atoms with Crippen molar-refractivity contribution in [2.45, 2.75) is 24.3 Å². The van der Waals surface area contributed by atoms with Crippen LogP contribution < -0.4 is 0 Å². The van der Waals surface area contributed by atoms with Gasteiger partial charge in [0.05, 0.1) is 12.1 Å². The van der Waals surface area contributed by atoms with E-state index < -0.39 is 5.41 Å². The predicted molar refractivity (Wildman–Crippen MR) is 142 cm³/mol. The van der Waals surface area contributed by atoms with E-state index in [-0.39, 0.29) is 18.4 Å². The normalized spacial score (nSPS) is 12.5. The summed E-state index contributed by atoms with van der Waals surface area (Å²) in [5.74, 6) is 0. The second kappa shape index (κ2) is 10.3. The molecule has 5 rings (SSSR count). The predicted octanol–water partition coefficient (Wildman–Crippen LogP) is 7.40. The summed E-state index contributed by atoms with van der Waals surface area (Å²) in [5.41, 5.74) is 6.91. The fourth-order valence-corrected chi connectivity index (χ4v) is 5.41. The van der Waals surface area contributed by atoms with Gasteiger partial charge >= 0.3 is 0 Å². The van der Waals surface area contributed by atoms with Gasteiger partial charge in [0.25, 0.3) is 0 Å². The Morgan fingerprint density at radius 2 is 1.15 bits per heavy atom. The summed E-state index contributed by atoms with van der Waals surface area (Å²) in [4.78, 5) is 2.45. The number of nitriles is 1. The lowest BCUT2D eigenvalue weighted by atomic mass is 9.72. The van der Waals surface area contributed by atoms with Crippen LogP contribution in [0.25, 0.3) is 11.1 Å². The molecule has 0 N–H and O–H groups in total. The van der Waals surface area contributed by atoms with Crippen molar-refractivity contribution in [1.29, 1.82) is 5.26 Å². The highest BCUT2D eigenvalue weighted by Gasteiger charge is 2.35. The van der Waals surface area contributed by atoms with Crippen LogP contribution in [0.4, 0.5) is 0 Å². The fraction of sp³-hybridized carbons (Fsp3) is 0.194. The zero-order chi connectivity index (χ0) is 22.7. The molecule has 0 heterocycles. The molecule has 0 unspecified atom stereocenters. The molecule has 4 aromatic carbocycles. The minimum Gasteiger partial charge on any atom is -0.295 e. The molecule has 0 saturated carbocycles. The molecular weight excluding hydrogens is 436 g/mol. The third-order valence-corrected chi connectivity index (χ3v) is 7.03. The zero-order valence-corrected chi connectivity index (χ0v) is 20.2. The average Bonchev–Trinajstić information content (AvgIpc) is 3.22. The van der Waals surface area contributed by atoms with E-state index >= 15 is 0 Å². The highest BCUT2D eigenvalue weighted by Crippen LogP contribution is 2.46. The molecule has 3 heteroatoms. The third kappa shape index (κ3) is 4.14. The molecule has 170 valence electrons. The lowest BCUT2D eigenvalue weighted by Gasteiger charge is -2.31. The van der Waals surface area contributed by atoms with Crippen molar-refractivity contribution in [3.05, 3.63) is 131 Å². The van der Waals surface area contributed by atoms with Crippen molar-refractivity contribution in [3.8, 4) is 17.2 Å². The maximum absolute atomic E-state index is 10.5. The van der Waals surface area contributed by atoms with Gasteiger partial charge in [-0.3, -0.25) is 4.90 Å². The zero-order valence-electron chi connectivity index (χ0n) is 19.4. The topological polar surface area (TPSA) is 27.0 Å². The molecule has 34 heavy (non-hydrogen) atoms. The molecule has 0 amide bonds. The van der Waals surface area contributed by atoms with Crippen LogP contribution in [0.1, 0.15) is 41.1 Å². The van der Waals surface area contributed by atoms with Gasteiger partial charge in [-0.25, -0.2) is 0 Å². The summed E-state index contributed by atoms with van der Waals surface area (Å²) in [6.45, 7) is 0.913. The van der Waals surface area contributed by atoms with Crippen molar-refractivity contribution in [2.75, 3.05) is 13.6 Å². The number of nitrogens with zero attached hydrogens (tertiary/aromatic N) is 2. The molecule has 1 aliphatic carbocycles. The largest absolute Gasteiger partial charge is 0.295 e. The Labute approximate surface area is 208 Å². The first-order valence-electron chi connectivity index (χ1n) is 11.7. The molecule has 1 aliphatic rings. The number of benzene rings is 4. The number of rotatable bonds is 7. The summed E-state index contributed by atoms with van der Waals surface area (Å²) in [7, 11) is 2.21. The van der Waals surface area contributed by atoms with Gasteiger partial charge < -0.3 is 0 Å². The maximum atomic E-state index is 10.5. The third-order valence-electron chi connectivity index (χ3n) is 7.03. The van der Waals surface area contributed by atoms with Gasteiger partial charge in [0.1, 0.15) is 5.41 Å². The quantitative estimate of drug-likeness (QED) is 0.285. The Hall–Kier alpha value is -3.38. The first kappa shape index (κ1) is 23.8. The maximum Gasteiger partial charge on any atom is 0.107 e. The Morgan fingerprint density at radius 3 is 1.62 bits per heavy atom. The molecule has 0 fully saturated rings. The van der Waals surface area contributed by atoms with Crippen molar-refractivity contribution < 1.29 is 0 Å². The van der Waals surface area contributed by atoms with E-state index in [2.05, 4.69) is 90.8 Å². The average molecular weight is 465 g/mol. The summed E-state index contributed by atoms with van der Waals surface area (Å²) in [5, 5.41) is 10.5. The Bertz CT molecular complexity index is 1190. The lowest BCUT2D eigenvalue weighted by Crippen LogP contribution is -2.30. The van der Waals surface area contributed by atoms with Gasteiger partial charge in [0.2, 0.25) is 0 Å². The standard InChI is InChI=1S/C31H28N2.ClH/c1-33(30-28-19-10-8-17-26(28)27-18-9-11-20-29(27)30)22-12-21-31(23-32,24-13-4-2-5-14-24)25-15-6-3-7-16-25;/h2-11,13-20,30H,12,21-22H2,1H3;1H. The van der Waals surface area contributed by atoms with Gasteiger partial charge in [0.15, 0.2) is 0 Å².